The molecule has 2 saturated carbocycles. The summed E-state index contributed by atoms with van der Waals surface area (Å²) in [4.78, 5) is 11.1. The third kappa shape index (κ3) is 0.565. The van der Waals surface area contributed by atoms with Crippen molar-refractivity contribution in [2.75, 3.05) is 0 Å². The summed E-state index contributed by atoms with van der Waals surface area (Å²) in [5.41, 5.74) is -0.443. The van der Waals surface area contributed by atoms with E-state index in [9.17, 15) is 9.90 Å². The molecule has 66 valence electrons. The molecule has 12 heavy (non-hydrogen) atoms. The van der Waals surface area contributed by atoms with E-state index in [0.717, 1.165) is 19.3 Å². The number of hydrogen-bond acceptors (Lipinski definition) is 3. The Hall–Kier alpha value is -0.570. The first-order valence-corrected chi connectivity index (χ1v) is 4.62. The number of carbonyl (C=O) groups is 1. The van der Waals surface area contributed by atoms with Gasteiger partial charge in [0.15, 0.2) is 0 Å². The molecule has 3 aliphatic rings. The summed E-state index contributed by atoms with van der Waals surface area (Å²) in [5, 5.41) is 9.72. The highest BCUT2D eigenvalue weighted by atomic mass is 16.6. The molecule has 3 fully saturated rings. The van der Waals surface area contributed by atoms with E-state index < -0.39 is 5.60 Å². The van der Waals surface area contributed by atoms with Crippen LogP contribution in [-0.4, -0.2) is 22.8 Å². The minimum absolute atomic E-state index is 0.108. The van der Waals surface area contributed by atoms with Crippen LogP contribution in [0.1, 0.15) is 25.7 Å². The Morgan fingerprint density at radius 1 is 1.58 bits per heavy atom. The van der Waals surface area contributed by atoms with Gasteiger partial charge in [-0.3, -0.25) is 4.79 Å². The standard InChI is InChI=1S/C9H12O3/c10-7-3-5-1-2-9(7)6(5)4-8(11)12-9/h5-7,10H,1-4H2. The Balaban J connectivity index is 2.04. The Kier molecular flexibility index (Phi) is 1.06. The maximum Gasteiger partial charge on any atom is 0.306 e. The van der Waals surface area contributed by atoms with Crippen LogP contribution in [0.4, 0.5) is 0 Å². The third-order valence-corrected chi connectivity index (χ3v) is 3.88. The Labute approximate surface area is 70.7 Å². The summed E-state index contributed by atoms with van der Waals surface area (Å²) < 4.78 is 5.29. The van der Waals surface area contributed by atoms with Crippen LogP contribution >= 0.6 is 0 Å². The molecule has 3 rings (SSSR count). The van der Waals surface area contributed by atoms with E-state index in [0.29, 0.717) is 18.3 Å². The van der Waals surface area contributed by atoms with E-state index in [2.05, 4.69) is 0 Å². The minimum atomic E-state index is -0.443. The van der Waals surface area contributed by atoms with Crippen LogP contribution in [0.25, 0.3) is 0 Å². The molecule has 1 N–H and O–H groups in total. The first kappa shape index (κ1) is 6.89. The van der Waals surface area contributed by atoms with Crippen LogP contribution < -0.4 is 0 Å². The van der Waals surface area contributed by atoms with Crippen molar-refractivity contribution < 1.29 is 14.6 Å². The number of aliphatic hydroxyl groups excluding tert-OH is 1. The van der Waals surface area contributed by atoms with Gasteiger partial charge in [0.05, 0.1) is 12.5 Å². The van der Waals surface area contributed by atoms with Gasteiger partial charge >= 0.3 is 5.97 Å². The summed E-state index contributed by atoms with van der Waals surface area (Å²) in [6.07, 6.45) is 3.02. The summed E-state index contributed by atoms with van der Waals surface area (Å²) in [7, 11) is 0. The van der Waals surface area contributed by atoms with Gasteiger partial charge in [0.1, 0.15) is 5.60 Å². The highest BCUT2D eigenvalue weighted by Gasteiger charge is 2.65. The topological polar surface area (TPSA) is 46.5 Å². The second-order valence-electron chi connectivity index (χ2n) is 4.29. The van der Waals surface area contributed by atoms with Gasteiger partial charge in [-0.05, 0) is 25.2 Å². The average Bonchev–Trinajstić information content (AvgIpc) is 2.54. The van der Waals surface area contributed by atoms with Crippen molar-refractivity contribution in [1.82, 2.24) is 0 Å². The predicted octanol–water partition coefficient (Wildman–Crippen LogP) is 0.463. The Morgan fingerprint density at radius 3 is 3.08 bits per heavy atom. The molecule has 2 bridgehead atoms. The van der Waals surface area contributed by atoms with Gasteiger partial charge in [0.25, 0.3) is 0 Å². The first-order valence-electron chi connectivity index (χ1n) is 4.62. The normalized spacial score (nSPS) is 55.8. The molecule has 1 heterocycles. The highest BCUT2D eigenvalue weighted by molar-refractivity contribution is 5.73. The molecular weight excluding hydrogens is 156 g/mol. The summed E-state index contributed by atoms with van der Waals surface area (Å²) in [5.74, 6) is 0.773. The third-order valence-electron chi connectivity index (χ3n) is 3.88. The van der Waals surface area contributed by atoms with Gasteiger partial charge in [-0.25, -0.2) is 0 Å². The number of rotatable bonds is 0. The molecule has 0 aromatic heterocycles. The smallest absolute Gasteiger partial charge is 0.306 e. The number of hydrogen-bond donors (Lipinski definition) is 1. The molecule has 3 nitrogen and oxygen atoms in total. The minimum Gasteiger partial charge on any atom is -0.456 e. The molecule has 1 aliphatic heterocycles. The molecule has 0 spiro atoms. The molecule has 2 aliphatic carbocycles. The molecule has 4 unspecified atom stereocenters. The van der Waals surface area contributed by atoms with E-state index in [1.54, 1.807) is 0 Å². The average molecular weight is 168 g/mol. The molecular formula is C9H12O3. The molecule has 4 atom stereocenters. The van der Waals surface area contributed by atoms with Crippen LogP contribution in [0.15, 0.2) is 0 Å². The van der Waals surface area contributed by atoms with Gasteiger partial charge in [-0.2, -0.15) is 0 Å². The van der Waals surface area contributed by atoms with E-state index in [-0.39, 0.29) is 12.1 Å². The van der Waals surface area contributed by atoms with Crippen LogP contribution in [0.2, 0.25) is 0 Å². The van der Waals surface area contributed by atoms with Crippen molar-refractivity contribution in [3.8, 4) is 0 Å². The fourth-order valence-corrected chi connectivity index (χ4v) is 3.35. The van der Waals surface area contributed by atoms with Crippen molar-refractivity contribution in [2.24, 2.45) is 11.8 Å². The summed E-state index contributed by atoms with van der Waals surface area (Å²) in [6.45, 7) is 0. The van der Waals surface area contributed by atoms with Gasteiger partial charge < -0.3 is 9.84 Å². The molecule has 0 aromatic carbocycles. The summed E-state index contributed by atoms with van der Waals surface area (Å²) >= 11 is 0. The lowest BCUT2D eigenvalue weighted by Crippen LogP contribution is -2.40. The highest BCUT2D eigenvalue weighted by Crippen LogP contribution is 2.58. The maximum atomic E-state index is 11.1. The second kappa shape index (κ2) is 1.84. The maximum absolute atomic E-state index is 11.1. The van der Waals surface area contributed by atoms with Crippen molar-refractivity contribution >= 4 is 5.97 Å². The zero-order chi connectivity index (χ0) is 8.34. The van der Waals surface area contributed by atoms with E-state index in [4.69, 9.17) is 4.74 Å². The Morgan fingerprint density at radius 2 is 2.42 bits per heavy atom. The fraction of sp³-hybridized carbons (Fsp3) is 0.889. The largest absolute Gasteiger partial charge is 0.456 e. The fourth-order valence-electron chi connectivity index (χ4n) is 3.35. The van der Waals surface area contributed by atoms with E-state index >= 15 is 0 Å². The van der Waals surface area contributed by atoms with Gasteiger partial charge in [0.2, 0.25) is 0 Å². The predicted molar refractivity (Wildman–Crippen MR) is 40.3 cm³/mol. The number of ether oxygens (including phenoxy) is 1. The molecule has 0 amide bonds. The van der Waals surface area contributed by atoms with Crippen molar-refractivity contribution in [2.45, 2.75) is 37.4 Å². The zero-order valence-electron chi connectivity index (χ0n) is 6.82. The number of aliphatic hydroxyl groups is 1. The van der Waals surface area contributed by atoms with Crippen molar-refractivity contribution in [3.05, 3.63) is 0 Å². The monoisotopic (exact) mass is 168 g/mol. The first-order chi connectivity index (χ1) is 5.72. The van der Waals surface area contributed by atoms with Gasteiger partial charge in [0, 0.05) is 5.92 Å². The van der Waals surface area contributed by atoms with E-state index in [1.165, 1.54) is 0 Å². The number of carbonyl (C=O) groups excluding carboxylic acids is 1. The molecule has 3 heteroatoms. The second-order valence-corrected chi connectivity index (χ2v) is 4.29. The van der Waals surface area contributed by atoms with E-state index in [1.807, 2.05) is 0 Å². The lowest BCUT2D eigenvalue weighted by atomic mass is 9.91. The Bertz CT molecular complexity index is 250. The molecule has 0 aromatic rings. The lowest BCUT2D eigenvalue weighted by Gasteiger charge is -2.28. The number of esters is 1. The quantitative estimate of drug-likeness (QED) is 0.534. The van der Waals surface area contributed by atoms with Crippen LogP contribution in [0, 0.1) is 11.8 Å². The SMILES string of the molecule is O=C1CC2C3CCC2(O1)C(O)C3. The van der Waals surface area contributed by atoms with Crippen LogP contribution in [0.5, 0.6) is 0 Å². The molecule has 0 radical (unpaired) electrons. The lowest BCUT2D eigenvalue weighted by molar-refractivity contribution is -0.158. The van der Waals surface area contributed by atoms with Gasteiger partial charge in [-0.15, -0.1) is 0 Å². The molecule has 1 saturated heterocycles. The van der Waals surface area contributed by atoms with Crippen molar-refractivity contribution in [3.63, 3.8) is 0 Å². The van der Waals surface area contributed by atoms with Gasteiger partial charge in [-0.1, -0.05) is 0 Å². The summed E-state index contributed by atoms with van der Waals surface area (Å²) in [6, 6.07) is 0. The van der Waals surface area contributed by atoms with Crippen LogP contribution in [-0.2, 0) is 9.53 Å². The zero-order valence-corrected chi connectivity index (χ0v) is 6.82. The van der Waals surface area contributed by atoms with Crippen molar-refractivity contribution in [1.29, 1.82) is 0 Å². The van der Waals surface area contributed by atoms with Crippen LogP contribution in [0.3, 0.4) is 0 Å².